The van der Waals surface area contributed by atoms with E-state index in [1.54, 1.807) is 18.2 Å². The van der Waals surface area contributed by atoms with Gasteiger partial charge in [-0.1, -0.05) is 0 Å². The molecule has 0 spiro atoms. The van der Waals surface area contributed by atoms with Gasteiger partial charge in [-0.25, -0.2) is 0 Å². The summed E-state index contributed by atoms with van der Waals surface area (Å²) in [5, 5.41) is 2.94. The second-order valence-electron chi connectivity index (χ2n) is 5.70. The molecule has 3 N–H and O–H groups in total. The molecule has 0 radical (unpaired) electrons. The molecule has 21 heavy (non-hydrogen) atoms. The molecule has 114 valence electrons. The van der Waals surface area contributed by atoms with Crippen LogP contribution in [0.1, 0.15) is 23.2 Å². The number of ether oxygens (including phenoxy) is 1. The number of nitrogens with two attached hydrogens (primary N) is 1. The highest BCUT2D eigenvalue weighted by Gasteiger charge is 2.32. The van der Waals surface area contributed by atoms with Crippen molar-refractivity contribution in [3.8, 4) is 0 Å². The molecule has 2 unspecified atom stereocenters. The van der Waals surface area contributed by atoms with Crippen LogP contribution in [0.4, 0.5) is 5.69 Å². The molecule has 1 aromatic carbocycles. The minimum atomic E-state index is -0.124. The van der Waals surface area contributed by atoms with Crippen LogP contribution >= 0.6 is 15.9 Å². The van der Waals surface area contributed by atoms with E-state index < -0.39 is 0 Å². The molecule has 5 nitrogen and oxygen atoms in total. The number of nitrogens with zero attached hydrogens (tertiary/aromatic N) is 1. The molecular formula is C15H20BrN3O2. The highest BCUT2D eigenvalue weighted by molar-refractivity contribution is 9.10. The van der Waals surface area contributed by atoms with Crippen molar-refractivity contribution in [3.63, 3.8) is 0 Å². The third-order valence-corrected chi connectivity index (χ3v) is 4.88. The summed E-state index contributed by atoms with van der Waals surface area (Å²) < 4.78 is 6.59. The standard InChI is InChI=1S/C15H20BrN3O2/c16-14-4-3-10(17)6-13(14)15(20)18-7-12-8-19-5-1-2-11(19)9-21-12/h3-4,6,11-12H,1-2,5,7-9,17H2,(H,18,20). The minimum absolute atomic E-state index is 0.0723. The maximum absolute atomic E-state index is 12.2. The van der Waals surface area contributed by atoms with E-state index in [1.807, 2.05) is 0 Å². The van der Waals surface area contributed by atoms with Crippen LogP contribution in [0.5, 0.6) is 0 Å². The number of nitrogen functional groups attached to an aromatic ring is 1. The number of amides is 1. The minimum Gasteiger partial charge on any atom is -0.399 e. The van der Waals surface area contributed by atoms with Crippen molar-refractivity contribution in [2.45, 2.75) is 25.0 Å². The van der Waals surface area contributed by atoms with Crippen molar-refractivity contribution in [1.82, 2.24) is 10.2 Å². The molecule has 3 rings (SSSR count). The number of benzene rings is 1. The second kappa shape index (κ2) is 6.34. The van der Waals surface area contributed by atoms with Gasteiger partial charge in [0.15, 0.2) is 0 Å². The van der Waals surface area contributed by atoms with E-state index in [1.165, 1.54) is 12.8 Å². The predicted octanol–water partition coefficient (Wildman–Crippen LogP) is 1.62. The van der Waals surface area contributed by atoms with Gasteiger partial charge in [-0.2, -0.15) is 0 Å². The Morgan fingerprint density at radius 2 is 2.38 bits per heavy atom. The van der Waals surface area contributed by atoms with Gasteiger partial charge in [0.2, 0.25) is 0 Å². The third kappa shape index (κ3) is 3.39. The fourth-order valence-electron chi connectivity index (χ4n) is 3.03. The largest absolute Gasteiger partial charge is 0.399 e. The Balaban J connectivity index is 1.55. The second-order valence-corrected chi connectivity index (χ2v) is 6.55. The molecule has 0 saturated carbocycles. The first kappa shape index (κ1) is 14.8. The number of halogens is 1. The molecule has 2 aliphatic heterocycles. The molecule has 2 atom stereocenters. The highest BCUT2D eigenvalue weighted by atomic mass is 79.9. The van der Waals surface area contributed by atoms with Crippen LogP contribution < -0.4 is 11.1 Å². The summed E-state index contributed by atoms with van der Waals surface area (Å²) in [5.74, 6) is -0.124. The van der Waals surface area contributed by atoms with Crippen LogP contribution in [0.25, 0.3) is 0 Å². The molecule has 1 amide bonds. The van der Waals surface area contributed by atoms with Gasteiger partial charge in [-0.3, -0.25) is 9.69 Å². The summed E-state index contributed by atoms with van der Waals surface area (Å²) in [7, 11) is 0. The molecule has 2 heterocycles. The van der Waals surface area contributed by atoms with Gasteiger partial charge in [-0.05, 0) is 53.5 Å². The Kier molecular flexibility index (Phi) is 4.47. The van der Waals surface area contributed by atoms with Crippen molar-refractivity contribution in [1.29, 1.82) is 0 Å². The van der Waals surface area contributed by atoms with Gasteiger partial charge in [-0.15, -0.1) is 0 Å². The van der Waals surface area contributed by atoms with E-state index in [0.717, 1.165) is 24.2 Å². The molecule has 0 aromatic heterocycles. The number of hydrogen-bond acceptors (Lipinski definition) is 4. The number of morpholine rings is 1. The van der Waals surface area contributed by atoms with Gasteiger partial charge in [0.25, 0.3) is 5.91 Å². The molecule has 0 aliphatic carbocycles. The lowest BCUT2D eigenvalue weighted by atomic mass is 10.1. The monoisotopic (exact) mass is 353 g/mol. The highest BCUT2D eigenvalue weighted by Crippen LogP contribution is 2.23. The SMILES string of the molecule is Nc1ccc(Br)c(C(=O)NCC2CN3CCCC3CO2)c1. The number of rotatable bonds is 3. The first-order valence-electron chi connectivity index (χ1n) is 7.32. The molecule has 2 aliphatic rings. The topological polar surface area (TPSA) is 67.6 Å². The lowest BCUT2D eigenvalue weighted by Crippen LogP contribution is -2.50. The number of hydrogen-bond donors (Lipinski definition) is 2. The average molecular weight is 354 g/mol. The smallest absolute Gasteiger partial charge is 0.252 e. The average Bonchev–Trinajstić information content (AvgIpc) is 2.94. The molecule has 2 fully saturated rings. The molecular weight excluding hydrogens is 334 g/mol. The van der Waals surface area contributed by atoms with Crippen LogP contribution in [0, 0.1) is 0 Å². The fraction of sp³-hybridized carbons (Fsp3) is 0.533. The molecule has 2 saturated heterocycles. The Hall–Kier alpha value is -1.11. The Morgan fingerprint density at radius 3 is 3.24 bits per heavy atom. The summed E-state index contributed by atoms with van der Waals surface area (Å²) in [6.07, 6.45) is 2.56. The van der Waals surface area contributed by atoms with Crippen molar-refractivity contribution >= 4 is 27.5 Å². The van der Waals surface area contributed by atoms with Gasteiger partial charge in [0.05, 0.1) is 18.3 Å². The Labute approximate surface area is 132 Å². The van der Waals surface area contributed by atoms with E-state index in [9.17, 15) is 4.79 Å². The number of anilines is 1. The van der Waals surface area contributed by atoms with E-state index in [-0.39, 0.29) is 12.0 Å². The Morgan fingerprint density at radius 1 is 1.52 bits per heavy atom. The lowest BCUT2D eigenvalue weighted by Gasteiger charge is -2.35. The lowest BCUT2D eigenvalue weighted by molar-refractivity contribution is -0.0461. The summed E-state index contributed by atoms with van der Waals surface area (Å²) in [6, 6.07) is 5.81. The summed E-state index contributed by atoms with van der Waals surface area (Å²) in [4.78, 5) is 14.7. The van der Waals surface area contributed by atoms with E-state index >= 15 is 0 Å². The van der Waals surface area contributed by atoms with Crippen molar-refractivity contribution in [2.75, 3.05) is 32.0 Å². The quantitative estimate of drug-likeness (QED) is 0.810. The van der Waals surface area contributed by atoms with Crippen molar-refractivity contribution in [2.24, 2.45) is 0 Å². The first-order valence-corrected chi connectivity index (χ1v) is 8.11. The number of nitrogens with one attached hydrogen (secondary N) is 1. The van der Waals surface area contributed by atoms with Crippen LogP contribution in [-0.2, 0) is 4.74 Å². The third-order valence-electron chi connectivity index (χ3n) is 4.19. The van der Waals surface area contributed by atoms with Crippen LogP contribution in [0.3, 0.4) is 0 Å². The first-order chi connectivity index (χ1) is 10.1. The zero-order valence-corrected chi connectivity index (χ0v) is 13.4. The van der Waals surface area contributed by atoms with Gasteiger partial charge in [0.1, 0.15) is 0 Å². The normalized spacial score (nSPS) is 25.6. The molecule has 6 heteroatoms. The Bertz CT molecular complexity index is 538. The van der Waals surface area contributed by atoms with Crippen LogP contribution in [0.15, 0.2) is 22.7 Å². The molecule has 0 bridgehead atoms. The fourth-order valence-corrected chi connectivity index (χ4v) is 3.45. The zero-order chi connectivity index (χ0) is 14.8. The number of fused-ring (bicyclic) bond motifs is 1. The predicted molar refractivity (Wildman–Crippen MR) is 85.2 cm³/mol. The van der Waals surface area contributed by atoms with E-state index in [4.69, 9.17) is 10.5 Å². The molecule has 1 aromatic rings. The summed E-state index contributed by atoms with van der Waals surface area (Å²) in [6.45, 7) is 3.37. The maximum atomic E-state index is 12.2. The van der Waals surface area contributed by atoms with Crippen molar-refractivity contribution < 1.29 is 9.53 Å². The van der Waals surface area contributed by atoms with Gasteiger partial charge < -0.3 is 15.8 Å². The maximum Gasteiger partial charge on any atom is 0.252 e. The number of carbonyl (C=O) groups is 1. The zero-order valence-electron chi connectivity index (χ0n) is 11.8. The van der Waals surface area contributed by atoms with Gasteiger partial charge >= 0.3 is 0 Å². The van der Waals surface area contributed by atoms with Crippen LogP contribution in [0.2, 0.25) is 0 Å². The summed E-state index contributed by atoms with van der Waals surface area (Å²) in [5.41, 5.74) is 6.87. The van der Waals surface area contributed by atoms with E-state index in [2.05, 4.69) is 26.1 Å². The van der Waals surface area contributed by atoms with Crippen molar-refractivity contribution in [3.05, 3.63) is 28.2 Å². The number of carbonyl (C=O) groups excluding carboxylic acids is 1. The summed E-state index contributed by atoms with van der Waals surface area (Å²) >= 11 is 3.38. The van der Waals surface area contributed by atoms with E-state index in [0.29, 0.717) is 23.8 Å². The van der Waals surface area contributed by atoms with Gasteiger partial charge in [0, 0.05) is 29.3 Å². The van der Waals surface area contributed by atoms with Crippen LogP contribution in [-0.4, -0.2) is 49.2 Å².